The van der Waals surface area contributed by atoms with Crippen molar-refractivity contribution in [3.63, 3.8) is 0 Å². The minimum absolute atomic E-state index is 0.149. The molecular weight excluding hydrogens is 688 g/mol. The third-order valence-electron chi connectivity index (χ3n) is 9.81. The SMILES string of the molecule is CCC[C@H]1N(C(=O)c2cnccc2C(F)(F)F)CCC[C@@]1(Oc1csc(C)c1)C(=O)N1CCC(C#N)(c2ccccc2CCC(=O)NS)CC1. The van der Waals surface area contributed by atoms with Crippen molar-refractivity contribution in [2.24, 2.45) is 0 Å². The molecule has 50 heavy (non-hydrogen) atoms. The summed E-state index contributed by atoms with van der Waals surface area (Å²) in [5.41, 5.74) is -2.45. The smallest absolute Gasteiger partial charge is 0.417 e. The predicted octanol–water partition coefficient (Wildman–Crippen LogP) is 6.67. The maximum absolute atomic E-state index is 15.0. The minimum atomic E-state index is -4.78. The average Bonchev–Trinajstić information content (AvgIpc) is 3.54. The van der Waals surface area contributed by atoms with E-state index in [1.54, 1.807) is 10.3 Å². The molecule has 0 bridgehead atoms. The van der Waals surface area contributed by atoms with Crippen LogP contribution in [0.5, 0.6) is 5.75 Å². The van der Waals surface area contributed by atoms with Gasteiger partial charge >= 0.3 is 6.18 Å². The number of aryl methyl sites for hydroxylation is 2. The van der Waals surface area contributed by atoms with Gasteiger partial charge in [0.1, 0.15) is 5.75 Å². The first-order chi connectivity index (χ1) is 23.9. The number of thiol groups is 1. The van der Waals surface area contributed by atoms with Crippen LogP contribution in [-0.4, -0.2) is 63.8 Å². The number of nitrogens with zero attached hydrogens (tertiary/aromatic N) is 4. The molecule has 0 aliphatic carbocycles. The summed E-state index contributed by atoms with van der Waals surface area (Å²) >= 11 is 5.28. The molecular formula is C36H40F3N5O4S2. The molecule has 266 valence electrons. The number of rotatable bonds is 10. The van der Waals surface area contributed by atoms with E-state index < -0.39 is 40.3 Å². The number of nitriles is 1. The van der Waals surface area contributed by atoms with Gasteiger partial charge in [-0.25, -0.2) is 0 Å². The van der Waals surface area contributed by atoms with Gasteiger partial charge in [0, 0.05) is 55.1 Å². The maximum Gasteiger partial charge on any atom is 0.417 e. The molecule has 9 nitrogen and oxygen atoms in total. The van der Waals surface area contributed by atoms with Gasteiger partial charge in [0.25, 0.3) is 11.8 Å². The highest BCUT2D eigenvalue weighted by Gasteiger charge is 2.56. The summed E-state index contributed by atoms with van der Waals surface area (Å²) < 4.78 is 51.1. The molecule has 5 rings (SSSR count). The second-order valence-corrected chi connectivity index (χ2v) is 14.2. The first-order valence-corrected chi connectivity index (χ1v) is 18.0. The molecule has 2 saturated heterocycles. The van der Waals surface area contributed by atoms with Gasteiger partial charge in [0.2, 0.25) is 11.5 Å². The fraction of sp³-hybridized carbons (Fsp3) is 0.472. The van der Waals surface area contributed by atoms with Crippen molar-refractivity contribution in [3.8, 4) is 11.8 Å². The minimum Gasteiger partial charge on any atom is -0.474 e. The number of thiophene rings is 1. The predicted molar refractivity (Wildman–Crippen MR) is 186 cm³/mol. The number of nitrogens with one attached hydrogen (secondary N) is 1. The van der Waals surface area contributed by atoms with E-state index in [4.69, 9.17) is 4.74 Å². The lowest BCUT2D eigenvalue weighted by molar-refractivity contribution is -0.160. The van der Waals surface area contributed by atoms with Crippen LogP contribution in [0.2, 0.25) is 0 Å². The van der Waals surface area contributed by atoms with Crippen molar-refractivity contribution in [1.82, 2.24) is 19.5 Å². The van der Waals surface area contributed by atoms with Crippen molar-refractivity contribution < 1.29 is 32.3 Å². The van der Waals surface area contributed by atoms with Crippen LogP contribution in [-0.2, 0) is 27.6 Å². The largest absolute Gasteiger partial charge is 0.474 e. The van der Waals surface area contributed by atoms with Crippen molar-refractivity contribution >= 4 is 41.9 Å². The molecule has 2 aromatic heterocycles. The molecule has 14 heteroatoms. The molecule has 0 spiro atoms. The molecule has 4 heterocycles. The van der Waals surface area contributed by atoms with Crippen molar-refractivity contribution in [3.05, 3.63) is 81.3 Å². The Balaban J connectivity index is 1.49. The zero-order valence-electron chi connectivity index (χ0n) is 28.0. The number of hydrogen-bond donors (Lipinski definition) is 2. The number of benzene rings is 1. The number of likely N-dealkylation sites (tertiary alicyclic amines) is 2. The number of carbonyl (C=O) groups is 3. The zero-order valence-corrected chi connectivity index (χ0v) is 29.7. The highest BCUT2D eigenvalue weighted by molar-refractivity contribution is 7.78. The average molecular weight is 728 g/mol. The Morgan fingerprint density at radius 2 is 1.90 bits per heavy atom. The van der Waals surface area contributed by atoms with Gasteiger partial charge in [-0.1, -0.05) is 50.4 Å². The van der Waals surface area contributed by atoms with Crippen LogP contribution in [0.4, 0.5) is 13.2 Å². The molecule has 0 saturated carbocycles. The lowest BCUT2D eigenvalue weighted by atomic mass is 9.71. The number of aromatic nitrogens is 1. The maximum atomic E-state index is 15.0. The van der Waals surface area contributed by atoms with E-state index in [0.29, 0.717) is 44.3 Å². The first kappa shape index (κ1) is 37.2. The molecule has 2 aliphatic rings. The van der Waals surface area contributed by atoms with Gasteiger partial charge in [-0.15, -0.1) is 11.3 Å². The van der Waals surface area contributed by atoms with Gasteiger partial charge in [0.05, 0.1) is 28.7 Å². The topological polar surface area (TPSA) is 116 Å². The van der Waals surface area contributed by atoms with Crippen molar-refractivity contribution in [2.75, 3.05) is 19.6 Å². The van der Waals surface area contributed by atoms with E-state index in [0.717, 1.165) is 34.5 Å². The number of amides is 3. The fourth-order valence-electron chi connectivity index (χ4n) is 7.36. The Morgan fingerprint density at radius 3 is 2.54 bits per heavy atom. The van der Waals surface area contributed by atoms with Gasteiger partial charge in [-0.3, -0.25) is 19.4 Å². The third kappa shape index (κ3) is 7.49. The Morgan fingerprint density at radius 1 is 1.16 bits per heavy atom. The number of alkyl halides is 3. The molecule has 2 aliphatic heterocycles. The van der Waals surface area contributed by atoms with Gasteiger partial charge in [-0.2, -0.15) is 18.4 Å². The summed E-state index contributed by atoms with van der Waals surface area (Å²) in [7, 11) is 0. The number of carbonyl (C=O) groups excluding carboxylic acids is 3. The second kappa shape index (κ2) is 15.4. The lowest BCUT2D eigenvalue weighted by Crippen LogP contribution is -2.68. The van der Waals surface area contributed by atoms with E-state index in [2.05, 4.69) is 28.6 Å². The van der Waals surface area contributed by atoms with Crippen LogP contribution in [0, 0.1) is 18.3 Å². The van der Waals surface area contributed by atoms with Crippen LogP contribution in [0.3, 0.4) is 0 Å². The number of pyridine rings is 1. The Hall–Kier alpha value is -4.09. The summed E-state index contributed by atoms with van der Waals surface area (Å²) in [6.07, 6.45) is -0.147. The van der Waals surface area contributed by atoms with E-state index >= 15 is 0 Å². The monoisotopic (exact) mass is 727 g/mol. The molecule has 2 fully saturated rings. The van der Waals surface area contributed by atoms with Gasteiger partial charge in [0.15, 0.2) is 0 Å². The van der Waals surface area contributed by atoms with E-state index in [9.17, 15) is 32.8 Å². The normalized spacial score (nSPS) is 20.5. The molecule has 1 N–H and O–H groups in total. The van der Waals surface area contributed by atoms with Crippen molar-refractivity contribution in [1.29, 1.82) is 5.26 Å². The summed E-state index contributed by atoms with van der Waals surface area (Å²) in [6, 6.07) is 11.8. The summed E-state index contributed by atoms with van der Waals surface area (Å²) in [6.45, 7) is 4.39. The van der Waals surface area contributed by atoms with E-state index in [1.165, 1.54) is 16.2 Å². The number of piperidine rings is 2. The molecule has 0 unspecified atom stereocenters. The van der Waals surface area contributed by atoms with Crippen LogP contribution < -0.4 is 9.46 Å². The molecule has 1 aromatic carbocycles. The van der Waals surface area contributed by atoms with Crippen LogP contribution in [0.15, 0.2) is 54.2 Å². The van der Waals surface area contributed by atoms with E-state index in [1.807, 2.05) is 44.2 Å². The summed E-state index contributed by atoms with van der Waals surface area (Å²) in [5, 5.41) is 12.4. The Kier molecular flexibility index (Phi) is 11.5. The molecule has 3 amide bonds. The Bertz CT molecular complexity index is 1750. The van der Waals surface area contributed by atoms with E-state index in [-0.39, 0.29) is 44.3 Å². The number of halogens is 3. The fourth-order valence-corrected chi connectivity index (χ4v) is 8.08. The molecule has 0 radical (unpaired) electrons. The highest BCUT2D eigenvalue weighted by Crippen LogP contribution is 2.43. The summed E-state index contributed by atoms with van der Waals surface area (Å²) in [5.74, 6) is -0.988. The van der Waals surface area contributed by atoms with Crippen molar-refractivity contribution in [2.45, 2.75) is 88.4 Å². The lowest BCUT2D eigenvalue weighted by Gasteiger charge is -2.51. The molecule has 3 aromatic rings. The zero-order chi connectivity index (χ0) is 36.1. The number of ether oxygens (including phenoxy) is 1. The first-order valence-electron chi connectivity index (χ1n) is 16.7. The highest BCUT2D eigenvalue weighted by atomic mass is 32.1. The second-order valence-electron chi connectivity index (χ2n) is 12.9. The number of hydrogen-bond acceptors (Lipinski definition) is 8. The standard InChI is InChI=1S/C36H40F3N5O4S2/c1-3-7-30-35(48-26-20-24(2)50-22-26,13-6-17-44(30)32(46)27-21-41-16-12-29(27)36(37,38)39)33(47)43-18-14-34(23-40,15-19-43)28-9-5-4-8-25(28)10-11-31(45)42-49/h4-5,8-9,12,16,20-22,30,49H,3,6-7,10-11,13-15,17-19H2,1-2H3,(H,42,45)/t30-,35+/m1/s1. The molecule has 2 atom stereocenters. The van der Waals surface area contributed by atoms with Crippen LogP contribution >= 0.6 is 24.2 Å². The Labute approximate surface area is 299 Å². The van der Waals surface area contributed by atoms with Crippen LogP contribution in [0.1, 0.15) is 83.8 Å². The third-order valence-corrected chi connectivity index (χ3v) is 10.9. The van der Waals surface area contributed by atoms with Crippen LogP contribution in [0.25, 0.3) is 0 Å². The van der Waals surface area contributed by atoms with Gasteiger partial charge in [-0.05, 0) is 62.3 Å². The summed E-state index contributed by atoms with van der Waals surface area (Å²) in [4.78, 5) is 48.8. The quantitative estimate of drug-likeness (QED) is 0.226. The van der Waals surface area contributed by atoms with Gasteiger partial charge < -0.3 is 19.3 Å².